The van der Waals surface area contributed by atoms with Gasteiger partial charge in [0.15, 0.2) is 0 Å². The Labute approximate surface area is 199 Å². The Hall–Kier alpha value is -2.13. The number of hydrogen-bond acceptors (Lipinski definition) is 4. The van der Waals surface area contributed by atoms with Crippen LogP contribution in [-0.4, -0.2) is 56.1 Å². The molecule has 7 nitrogen and oxygen atoms in total. The number of halogens is 2. The largest absolute Gasteiger partial charge is 0.357 e. The topological polar surface area (TPSA) is 86.8 Å². The zero-order valence-electron chi connectivity index (χ0n) is 18.2. The molecule has 0 spiro atoms. The molecule has 0 saturated carbocycles. The van der Waals surface area contributed by atoms with Crippen LogP contribution in [0.2, 0.25) is 10.0 Å². The monoisotopic (exact) mass is 499 g/mol. The summed E-state index contributed by atoms with van der Waals surface area (Å²) in [5, 5.41) is 3.41. The van der Waals surface area contributed by atoms with Gasteiger partial charge in [-0.25, -0.2) is 12.7 Å². The van der Waals surface area contributed by atoms with Gasteiger partial charge in [-0.1, -0.05) is 47.5 Å². The minimum Gasteiger partial charge on any atom is -0.357 e. The zero-order chi connectivity index (χ0) is 23.9. The molecule has 32 heavy (non-hydrogen) atoms. The molecular formula is C22H27Cl2N3O4S. The van der Waals surface area contributed by atoms with Gasteiger partial charge in [0.25, 0.3) is 0 Å². The maximum absolute atomic E-state index is 13.0. The summed E-state index contributed by atoms with van der Waals surface area (Å²) in [6, 6.07) is 12.3. The van der Waals surface area contributed by atoms with Crippen LogP contribution in [0.4, 0.5) is 0 Å². The van der Waals surface area contributed by atoms with Crippen molar-refractivity contribution in [3.8, 4) is 0 Å². The van der Waals surface area contributed by atoms with Gasteiger partial charge in [0.2, 0.25) is 21.8 Å². The van der Waals surface area contributed by atoms with Crippen LogP contribution in [0.25, 0.3) is 0 Å². The number of likely N-dealkylation sites (N-methyl/N-ethyl adjacent to an activating group) is 1. The van der Waals surface area contributed by atoms with Gasteiger partial charge in [-0.2, -0.15) is 0 Å². The minimum atomic E-state index is -3.63. The van der Waals surface area contributed by atoms with E-state index in [9.17, 15) is 18.0 Å². The number of amides is 2. The van der Waals surface area contributed by atoms with E-state index in [4.69, 9.17) is 23.2 Å². The van der Waals surface area contributed by atoms with E-state index in [1.54, 1.807) is 43.3 Å². The van der Waals surface area contributed by atoms with Crippen molar-refractivity contribution in [1.82, 2.24) is 14.5 Å². The first kappa shape index (κ1) is 26.1. The molecule has 174 valence electrons. The van der Waals surface area contributed by atoms with Gasteiger partial charge >= 0.3 is 0 Å². The van der Waals surface area contributed by atoms with Crippen LogP contribution < -0.4 is 5.32 Å². The molecule has 1 atom stereocenters. The van der Waals surface area contributed by atoms with E-state index in [-0.39, 0.29) is 36.2 Å². The van der Waals surface area contributed by atoms with Gasteiger partial charge in [-0.05, 0) is 43.2 Å². The summed E-state index contributed by atoms with van der Waals surface area (Å²) in [5.41, 5.74) is 0.656. The first-order chi connectivity index (χ1) is 15.1. The molecule has 1 N–H and O–H groups in total. The number of rotatable bonds is 10. The van der Waals surface area contributed by atoms with E-state index in [0.29, 0.717) is 22.0 Å². The van der Waals surface area contributed by atoms with E-state index >= 15 is 0 Å². The van der Waals surface area contributed by atoms with Crippen molar-refractivity contribution >= 4 is 45.0 Å². The average Bonchev–Trinajstić information content (AvgIpc) is 2.77. The number of nitrogens with zero attached hydrogens (tertiary/aromatic N) is 2. The summed E-state index contributed by atoms with van der Waals surface area (Å²) in [6.45, 7) is 1.92. The molecular weight excluding hydrogens is 473 g/mol. The molecule has 2 rings (SSSR count). The molecule has 0 fully saturated rings. The second kappa shape index (κ2) is 11.7. The third kappa shape index (κ3) is 6.68. The van der Waals surface area contributed by atoms with Gasteiger partial charge in [-0.15, -0.1) is 0 Å². The van der Waals surface area contributed by atoms with E-state index in [2.05, 4.69) is 5.32 Å². The molecule has 2 aromatic carbocycles. The lowest BCUT2D eigenvalue weighted by Crippen LogP contribution is -2.46. The lowest BCUT2D eigenvalue weighted by Gasteiger charge is -2.29. The van der Waals surface area contributed by atoms with Crippen molar-refractivity contribution in [3.05, 3.63) is 64.1 Å². The highest BCUT2D eigenvalue weighted by molar-refractivity contribution is 7.89. The molecule has 2 aromatic rings. The first-order valence-electron chi connectivity index (χ1n) is 10.0. The average molecular weight is 500 g/mol. The fraction of sp³-hybridized carbons (Fsp3) is 0.364. The van der Waals surface area contributed by atoms with Crippen LogP contribution in [0.5, 0.6) is 0 Å². The van der Waals surface area contributed by atoms with Crippen molar-refractivity contribution in [2.24, 2.45) is 0 Å². The Morgan fingerprint density at radius 3 is 2.34 bits per heavy atom. The van der Waals surface area contributed by atoms with E-state index in [1.165, 1.54) is 35.4 Å². The molecule has 0 saturated heterocycles. The highest BCUT2D eigenvalue weighted by Crippen LogP contribution is 2.24. The summed E-state index contributed by atoms with van der Waals surface area (Å²) in [7, 11) is -0.657. The standard InChI is InChI=1S/C22H27Cl2N3O4S/c1-16(22(29)25-2)27(15-17-11-12-18(23)14-20(17)24)21(28)10-7-13-26(3)32(30,31)19-8-5-4-6-9-19/h4-6,8-9,11-12,14,16H,7,10,13,15H2,1-3H3,(H,25,29). The van der Waals surface area contributed by atoms with Crippen molar-refractivity contribution in [1.29, 1.82) is 0 Å². The second-order valence-corrected chi connectivity index (χ2v) is 10.2. The quantitative estimate of drug-likeness (QED) is 0.541. The molecule has 0 aromatic heterocycles. The Bertz CT molecular complexity index is 1050. The molecule has 0 heterocycles. The molecule has 10 heteroatoms. The highest BCUT2D eigenvalue weighted by Gasteiger charge is 2.26. The van der Waals surface area contributed by atoms with Crippen LogP contribution in [0, 0.1) is 0 Å². The maximum Gasteiger partial charge on any atom is 0.242 e. The molecule has 1 unspecified atom stereocenters. The van der Waals surface area contributed by atoms with Gasteiger partial charge in [0.05, 0.1) is 4.90 Å². The van der Waals surface area contributed by atoms with Crippen LogP contribution in [-0.2, 0) is 26.2 Å². The number of benzene rings is 2. The smallest absolute Gasteiger partial charge is 0.242 e. The fourth-order valence-corrected chi connectivity index (χ4v) is 4.81. The van der Waals surface area contributed by atoms with Crippen molar-refractivity contribution in [2.75, 3.05) is 20.6 Å². The number of sulfonamides is 1. The fourth-order valence-electron chi connectivity index (χ4n) is 3.11. The molecule has 0 bridgehead atoms. The van der Waals surface area contributed by atoms with Crippen molar-refractivity contribution in [3.63, 3.8) is 0 Å². The summed E-state index contributed by atoms with van der Waals surface area (Å²) in [4.78, 5) is 26.8. The van der Waals surface area contributed by atoms with Gasteiger partial charge in [-0.3, -0.25) is 9.59 Å². The van der Waals surface area contributed by atoms with Gasteiger partial charge in [0, 0.05) is 43.7 Å². The lowest BCUT2D eigenvalue weighted by molar-refractivity contribution is -0.140. The highest BCUT2D eigenvalue weighted by atomic mass is 35.5. The molecule has 0 aliphatic carbocycles. The predicted molar refractivity (Wildman–Crippen MR) is 126 cm³/mol. The van der Waals surface area contributed by atoms with E-state index in [0.717, 1.165) is 0 Å². The lowest BCUT2D eigenvalue weighted by atomic mass is 10.1. The Morgan fingerprint density at radius 1 is 1.09 bits per heavy atom. The summed E-state index contributed by atoms with van der Waals surface area (Å²) in [5.74, 6) is -0.593. The summed E-state index contributed by atoms with van der Waals surface area (Å²) < 4.78 is 26.5. The normalized spacial score (nSPS) is 12.4. The van der Waals surface area contributed by atoms with Crippen LogP contribution in [0.1, 0.15) is 25.3 Å². The second-order valence-electron chi connectivity index (χ2n) is 7.29. The zero-order valence-corrected chi connectivity index (χ0v) is 20.5. The summed E-state index contributed by atoms with van der Waals surface area (Å²) >= 11 is 12.2. The van der Waals surface area contributed by atoms with E-state index < -0.39 is 16.1 Å². The molecule has 0 radical (unpaired) electrons. The van der Waals surface area contributed by atoms with Crippen LogP contribution >= 0.6 is 23.2 Å². The third-order valence-corrected chi connectivity index (χ3v) is 7.54. The number of nitrogens with one attached hydrogen (secondary N) is 1. The molecule has 0 aliphatic rings. The minimum absolute atomic E-state index is 0.0706. The van der Waals surface area contributed by atoms with Gasteiger partial charge in [0.1, 0.15) is 6.04 Å². The van der Waals surface area contributed by atoms with Crippen LogP contribution in [0.15, 0.2) is 53.4 Å². The predicted octanol–water partition coefficient (Wildman–Crippen LogP) is 3.56. The maximum atomic E-state index is 13.0. The number of hydrogen-bond donors (Lipinski definition) is 1. The van der Waals surface area contributed by atoms with Crippen LogP contribution in [0.3, 0.4) is 0 Å². The first-order valence-corrected chi connectivity index (χ1v) is 12.2. The molecule has 0 aliphatic heterocycles. The Morgan fingerprint density at radius 2 is 1.75 bits per heavy atom. The van der Waals surface area contributed by atoms with E-state index in [1.807, 2.05) is 0 Å². The third-order valence-electron chi connectivity index (χ3n) is 5.08. The Balaban J connectivity index is 2.08. The SMILES string of the molecule is CNC(=O)C(C)N(Cc1ccc(Cl)cc1Cl)C(=O)CCCN(C)S(=O)(=O)c1ccccc1. The Kier molecular flexibility index (Phi) is 9.51. The number of carbonyl (C=O) groups excluding carboxylic acids is 2. The van der Waals surface area contributed by atoms with Gasteiger partial charge < -0.3 is 10.2 Å². The number of carbonyl (C=O) groups is 2. The molecule has 2 amide bonds. The van der Waals surface area contributed by atoms with Crippen molar-refractivity contribution in [2.45, 2.75) is 37.2 Å². The van der Waals surface area contributed by atoms with Crippen molar-refractivity contribution < 1.29 is 18.0 Å². The summed E-state index contributed by atoms with van der Waals surface area (Å²) in [6.07, 6.45) is 0.369.